The molecule has 92 valence electrons. The third kappa shape index (κ3) is 3.19. The van der Waals surface area contributed by atoms with Gasteiger partial charge in [-0.25, -0.2) is 9.79 Å². The van der Waals surface area contributed by atoms with Crippen molar-refractivity contribution in [2.75, 3.05) is 7.11 Å². The van der Waals surface area contributed by atoms with Crippen molar-refractivity contribution in [1.82, 2.24) is 0 Å². The normalized spacial score (nSPS) is 12.4. The van der Waals surface area contributed by atoms with Gasteiger partial charge in [-0.05, 0) is 12.5 Å². The van der Waals surface area contributed by atoms with Crippen molar-refractivity contribution in [1.29, 1.82) is 5.26 Å². The summed E-state index contributed by atoms with van der Waals surface area (Å²) in [6.07, 6.45) is 0. The van der Waals surface area contributed by atoms with Gasteiger partial charge in [0.05, 0.1) is 18.5 Å². The predicted molar refractivity (Wildman–Crippen MR) is 68.3 cm³/mol. The lowest BCUT2D eigenvalue weighted by molar-refractivity contribution is -0.132. The zero-order valence-corrected chi connectivity index (χ0v) is 10.2. The molecule has 0 aliphatic rings. The molecule has 0 aliphatic heterocycles. The largest absolute Gasteiger partial charge is 0.464 e. The SMILES string of the molecule is COC(=O)C(C#N)=NC(C)=C(N)c1ccccc1. The second-order valence-electron chi connectivity index (χ2n) is 3.43. The van der Waals surface area contributed by atoms with E-state index < -0.39 is 5.97 Å². The number of benzene rings is 1. The summed E-state index contributed by atoms with van der Waals surface area (Å²) < 4.78 is 4.43. The Labute approximate surface area is 105 Å². The van der Waals surface area contributed by atoms with Crippen LogP contribution in [0.5, 0.6) is 0 Å². The monoisotopic (exact) mass is 243 g/mol. The van der Waals surface area contributed by atoms with E-state index in [0.29, 0.717) is 11.4 Å². The molecule has 0 fully saturated rings. The quantitative estimate of drug-likeness (QED) is 0.643. The molecule has 0 heterocycles. The standard InChI is InChI=1S/C13H13N3O2/c1-9(16-11(8-14)13(17)18-2)12(15)10-6-4-3-5-7-10/h3-7H,15H2,1-2H3. The molecule has 1 aromatic carbocycles. The molecule has 0 radical (unpaired) electrons. The second-order valence-corrected chi connectivity index (χ2v) is 3.43. The van der Waals surface area contributed by atoms with Crippen molar-refractivity contribution in [2.45, 2.75) is 6.92 Å². The highest BCUT2D eigenvalue weighted by atomic mass is 16.5. The molecule has 18 heavy (non-hydrogen) atoms. The molecule has 2 N–H and O–H groups in total. The van der Waals surface area contributed by atoms with Gasteiger partial charge < -0.3 is 10.5 Å². The zero-order chi connectivity index (χ0) is 13.5. The first-order valence-corrected chi connectivity index (χ1v) is 5.19. The summed E-state index contributed by atoms with van der Waals surface area (Å²) in [6, 6.07) is 10.9. The number of nitrogens with two attached hydrogens (primary N) is 1. The van der Waals surface area contributed by atoms with Gasteiger partial charge in [0.2, 0.25) is 5.71 Å². The van der Waals surface area contributed by atoms with Crippen molar-refractivity contribution in [3.63, 3.8) is 0 Å². The van der Waals surface area contributed by atoms with E-state index >= 15 is 0 Å². The van der Waals surface area contributed by atoms with Gasteiger partial charge in [-0.2, -0.15) is 5.26 Å². The summed E-state index contributed by atoms with van der Waals surface area (Å²) in [5, 5.41) is 8.78. The van der Waals surface area contributed by atoms with Crippen LogP contribution in [0.2, 0.25) is 0 Å². The van der Waals surface area contributed by atoms with Gasteiger partial charge in [-0.3, -0.25) is 0 Å². The van der Waals surface area contributed by atoms with Crippen LogP contribution in [0.15, 0.2) is 41.0 Å². The number of rotatable bonds is 3. The number of allylic oxidation sites excluding steroid dienone is 1. The highest BCUT2D eigenvalue weighted by molar-refractivity contribution is 6.43. The molecule has 0 spiro atoms. The van der Waals surface area contributed by atoms with Crippen molar-refractivity contribution < 1.29 is 9.53 Å². The Bertz CT molecular complexity index is 539. The lowest BCUT2D eigenvalue weighted by atomic mass is 10.1. The highest BCUT2D eigenvalue weighted by Crippen LogP contribution is 2.13. The molecule has 0 amide bonds. The van der Waals surface area contributed by atoms with Crippen molar-refractivity contribution >= 4 is 17.4 Å². The number of methoxy groups -OCH3 is 1. The topological polar surface area (TPSA) is 88.5 Å². The number of carbonyl (C=O) groups is 1. The van der Waals surface area contributed by atoms with E-state index in [2.05, 4.69) is 9.73 Å². The van der Waals surface area contributed by atoms with Gasteiger partial charge in [0.15, 0.2) is 0 Å². The number of ether oxygens (including phenoxy) is 1. The van der Waals surface area contributed by atoms with E-state index in [4.69, 9.17) is 11.0 Å². The van der Waals surface area contributed by atoms with Gasteiger partial charge in [0.25, 0.3) is 0 Å². The molecular formula is C13H13N3O2. The molecule has 0 saturated heterocycles. The average molecular weight is 243 g/mol. The molecule has 5 nitrogen and oxygen atoms in total. The fourth-order valence-corrected chi connectivity index (χ4v) is 1.27. The van der Waals surface area contributed by atoms with Gasteiger partial charge in [0, 0.05) is 0 Å². The molecule has 0 atom stereocenters. The summed E-state index contributed by atoms with van der Waals surface area (Å²) in [4.78, 5) is 15.1. The molecule has 0 bridgehead atoms. The first-order chi connectivity index (χ1) is 8.60. The minimum atomic E-state index is -0.780. The van der Waals surface area contributed by atoms with Gasteiger partial charge >= 0.3 is 5.97 Å². The molecule has 0 unspecified atom stereocenters. The molecule has 1 aromatic rings. The number of hydrogen-bond donors (Lipinski definition) is 1. The smallest absolute Gasteiger partial charge is 0.367 e. The predicted octanol–water partition coefficient (Wildman–Crippen LogP) is 1.47. The van der Waals surface area contributed by atoms with E-state index in [9.17, 15) is 4.79 Å². The van der Waals surface area contributed by atoms with Crippen molar-refractivity contribution in [2.24, 2.45) is 10.7 Å². The van der Waals surface area contributed by atoms with Crippen LogP contribution in [-0.2, 0) is 9.53 Å². The molecular weight excluding hydrogens is 230 g/mol. The Morgan fingerprint density at radius 2 is 2.00 bits per heavy atom. The Balaban J connectivity index is 3.14. The third-order valence-corrected chi connectivity index (χ3v) is 2.24. The summed E-state index contributed by atoms with van der Waals surface area (Å²) in [7, 11) is 1.19. The van der Waals surface area contributed by atoms with E-state index in [0.717, 1.165) is 5.56 Å². The molecule has 1 rings (SSSR count). The Morgan fingerprint density at radius 3 is 2.50 bits per heavy atom. The lowest BCUT2D eigenvalue weighted by Crippen LogP contribution is -2.14. The second kappa shape index (κ2) is 6.21. The van der Waals surface area contributed by atoms with Crippen LogP contribution >= 0.6 is 0 Å². The lowest BCUT2D eigenvalue weighted by Gasteiger charge is -2.04. The fourth-order valence-electron chi connectivity index (χ4n) is 1.27. The molecule has 0 aliphatic carbocycles. The number of aliphatic imine (C=N–C) groups is 1. The minimum absolute atomic E-state index is 0.325. The van der Waals surface area contributed by atoms with E-state index in [1.807, 2.05) is 30.3 Å². The summed E-state index contributed by atoms with van der Waals surface area (Å²) in [5.74, 6) is -0.780. The maximum absolute atomic E-state index is 11.2. The molecule has 0 saturated carbocycles. The zero-order valence-electron chi connectivity index (χ0n) is 10.2. The summed E-state index contributed by atoms with van der Waals surface area (Å²) >= 11 is 0. The van der Waals surface area contributed by atoms with Crippen LogP contribution in [-0.4, -0.2) is 18.8 Å². The van der Waals surface area contributed by atoms with Crippen molar-refractivity contribution in [3.05, 3.63) is 41.6 Å². The van der Waals surface area contributed by atoms with Gasteiger partial charge in [-0.1, -0.05) is 30.3 Å². The van der Waals surface area contributed by atoms with Crippen LogP contribution in [0, 0.1) is 11.3 Å². The first kappa shape index (κ1) is 13.5. The number of hydrogen-bond acceptors (Lipinski definition) is 5. The van der Waals surface area contributed by atoms with E-state index in [-0.39, 0.29) is 5.71 Å². The van der Waals surface area contributed by atoms with Crippen LogP contribution in [0.1, 0.15) is 12.5 Å². The minimum Gasteiger partial charge on any atom is -0.464 e. The maximum Gasteiger partial charge on any atom is 0.367 e. The van der Waals surface area contributed by atoms with Crippen LogP contribution in [0.4, 0.5) is 0 Å². The highest BCUT2D eigenvalue weighted by Gasteiger charge is 2.11. The Morgan fingerprint density at radius 1 is 1.39 bits per heavy atom. The number of nitriles is 1. The summed E-state index contributed by atoms with van der Waals surface area (Å²) in [6.45, 7) is 1.63. The van der Waals surface area contributed by atoms with Gasteiger partial charge in [-0.15, -0.1) is 0 Å². The summed E-state index contributed by atoms with van der Waals surface area (Å²) in [5.41, 5.74) is 7.15. The molecule has 0 aromatic heterocycles. The Kier molecular flexibility index (Phi) is 4.64. The Hall–Kier alpha value is -2.61. The average Bonchev–Trinajstić information content (AvgIpc) is 2.43. The number of nitrogens with zero attached hydrogens (tertiary/aromatic N) is 2. The number of carbonyl (C=O) groups excluding carboxylic acids is 1. The van der Waals surface area contributed by atoms with E-state index in [1.165, 1.54) is 7.11 Å². The molecule has 5 heteroatoms. The first-order valence-electron chi connectivity index (χ1n) is 5.19. The maximum atomic E-state index is 11.2. The number of esters is 1. The van der Waals surface area contributed by atoms with Gasteiger partial charge in [0.1, 0.15) is 6.07 Å². The van der Waals surface area contributed by atoms with Crippen molar-refractivity contribution in [3.8, 4) is 6.07 Å². The van der Waals surface area contributed by atoms with E-state index in [1.54, 1.807) is 13.0 Å². The third-order valence-electron chi connectivity index (χ3n) is 2.24. The van der Waals surface area contributed by atoms with Crippen LogP contribution < -0.4 is 5.73 Å². The van der Waals surface area contributed by atoms with Crippen LogP contribution in [0.25, 0.3) is 5.70 Å². The van der Waals surface area contributed by atoms with Crippen LogP contribution in [0.3, 0.4) is 0 Å². The fraction of sp³-hybridized carbons (Fsp3) is 0.154.